The average Bonchev–Trinajstić information content (AvgIpc) is 2.83. The highest BCUT2D eigenvalue weighted by atomic mass is 16.5. The number of hydrogen-bond donors (Lipinski definition) is 1. The zero-order chi connectivity index (χ0) is 11.7. The molecule has 0 bridgehead atoms. The molecule has 1 aromatic carbocycles. The molecule has 0 aliphatic heterocycles. The minimum Gasteiger partial charge on any atom is -0.494 e. The Bertz CT molecular complexity index is 646. The summed E-state index contributed by atoms with van der Waals surface area (Å²) in [5.74, 6) is 1.52. The molecular formula is C13H11N3O. The van der Waals surface area contributed by atoms with E-state index in [0.717, 1.165) is 28.3 Å². The number of nitrogens with one attached hydrogen (secondary N) is 1. The molecule has 17 heavy (non-hydrogen) atoms. The minimum atomic E-state index is 0.755. The molecular weight excluding hydrogens is 214 g/mol. The molecule has 0 aliphatic carbocycles. The van der Waals surface area contributed by atoms with Crippen LogP contribution < -0.4 is 4.74 Å². The van der Waals surface area contributed by atoms with Gasteiger partial charge in [0.15, 0.2) is 5.82 Å². The van der Waals surface area contributed by atoms with Crippen molar-refractivity contribution in [3.63, 3.8) is 0 Å². The number of fused-ring (bicyclic) bond motifs is 1. The third-order valence-corrected chi connectivity index (χ3v) is 2.60. The van der Waals surface area contributed by atoms with Crippen molar-refractivity contribution in [2.45, 2.75) is 0 Å². The molecule has 84 valence electrons. The summed E-state index contributed by atoms with van der Waals surface area (Å²) >= 11 is 0. The maximum absolute atomic E-state index is 5.27. The Morgan fingerprint density at radius 2 is 2.06 bits per heavy atom. The number of hydrogen-bond acceptors (Lipinski definition) is 3. The van der Waals surface area contributed by atoms with Gasteiger partial charge in [0.2, 0.25) is 0 Å². The van der Waals surface area contributed by atoms with Crippen molar-refractivity contribution < 1.29 is 4.74 Å². The number of ether oxygens (including phenoxy) is 1. The van der Waals surface area contributed by atoms with Gasteiger partial charge in [-0.25, -0.2) is 4.98 Å². The Labute approximate surface area is 98.3 Å². The predicted molar refractivity (Wildman–Crippen MR) is 65.9 cm³/mol. The molecule has 0 radical (unpaired) electrons. The van der Waals surface area contributed by atoms with Gasteiger partial charge in [0.25, 0.3) is 0 Å². The number of aromatic amines is 1. The number of pyridine rings is 1. The third-order valence-electron chi connectivity index (χ3n) is 2.60. The first-order valence-electron chi connectivity index (χ1n) is 5.32. The lowest BCUT2D eigenvalue weighted by Crippen LogP contribution is -1.84. The van der Waals surface area contributed by atoms with Crippen LogP contribution in [0.2, 0.25) is 0 Å². The first-order chi connectivity index (χ1) is 8.38. The van der Waals surface area contributed by atoms with Crippen molar-refractivity contribution in [2.75, 3.05) is 7.11 Å². The van der Waals surface area contributed by atoms with E-state index in [2.05, 4.69) is 15.0 Å². The molecule has 2 heterocycles. The van der Waals surface area contributed by atoms with Crippen molar-refractivity contribution in [3.05, 3.63) is 42.6 Å². The van der Waals surface area contributed by atoms with Gasteiger partial charge in [-0.2, -0.15) is 0 Å². The Morgan fingerprint density at radius 1 is 1.12 bits per heavy atom. The van der Waals surface area contributed by atoms with Crippen LogP contribution in [0, 0.1) is 0 Å². The highest BCUT2D eigenvalue weighted by molar-refractivity contribution is 5.84. The fraction of sp³-hybridized carbons (Fsp3) is 0.0769. The molecule has 4 heteroatoms. The summed E-state index contributed by atoms with van der Waals surface area (Å²) in [5.41, 5.74) is 2.60. The largest absolute Gasteiger partial charge is 0.494 e. The lowest BCUT2D eigenvalue weighted by molar-refractivity contribution is 0.419. The first kappa shape index (κ1) is 9.84. The van der Waals surface area contributed by atoms with E-state index in [9.17, 15) is 0 Å². The highest BCUT2D eigenvalue weighted by Gasteiger charge is 2.09. The number of benzene rings is 1. The summed E-state index contributed by atoms with van der Waals surface area (Å²) in [5, 5.41) is 0. The quantitative estimate of drug-likeness (QED) is 0.729. The molecule has 3 rings (SSSR count). The van der Waals surface area contributed by atoms with Crippen LogP contribution in [0.15, 0.2) is 42.6 Å². The maximum atomic E-state index is 5.27. The number of rotatable bonds is 2. The van der Waals surface area contributed by atoms with Gasteiger partial charge in [0, 0.05) is 6.20 Å². The third kappa shape index (κ3) is 1.63. The summed E-state index contributed by atoms with van der Waals surface area (Å²) < 4.78 is 5.27. The van der Waals surface area contributed by atoms with Crippen molar-refractivity contribution in [2.24, 2.45) is 0 Å². The second kappa shape index (κ2) is 3.90. The molecule has 0 atom stereocenters. The molecule has 3 aromatic rings. The second-order valence-corrected chi connectivity index (χ2v) is 3.66. The highest BCUT2D eigenvalue weighted by Crippen LogP contribution is 2.25. The van der Waals surface area contributed by atoms with E-state index in [0.29, 0.717) is 0 Å². The summed E-state index contributed by atoms with van der Waals surface area (Å²) in [6.07, 6.45) is 1.75. The van der Waals surface area contributed by atoms with Gasteiger partial charge in [-0.1, -0.05) is 12.1 Å². The van der Waals surface area contributed by atoms with Crippen LogP contribution in [-0.4, -0.2) is 22.1 Å². The summed E-state index contributed by atoms with van der Waals surface area (Å²) in [7, 11) is 1.64. The Kier molecular flexibility index (Phi) is 2.26. The minimum absolute atomic E-state index is 0.755. The first-order valence-corrected chi connectivity index (χ1v) is 5.32. The van der Waals surface area contributed by atoms with Crippen LogP contribution >= 0.6 is 0 Å². The molecule has 0 spiro atoms. The van der Waals surface area contributed by atoms with E-state index in [1.165, 1.54) is 0 Å². The van der Waals surface area contributed by atoms with Gasteiger partial charge in [-0.05, 0) is 24.3 Å². The SMILES string of the molecule is COc1cccc2[nH]c(-c3ccccn3)nc12. The number of aromatic nitrogens is 3. The number of nitrogens with zero attached hydrogens (tertiary/aromatic N) is 2. The Morgan fingerprint density at radius 3 is 2.82 bits per heavy atom. The summed E-state index contributed by atoms with van der Waals surface area (Å²) in [6, 6.07) is 11.5. The molecule has 0 saturated heterocycles. The van der Waals surface area contributed by atoms with Crippen LogP contribution in [0.1, 0.15) is 0 Å². The normalized spacial score (nSPS) is 10.6. The van der Waals surface area contributed by atoms with E-state index in [4.69, 9.17) is 4.74 Å². The molecule has 0 fully saturated rings. The van der Waals surface area contributed by atoms with Crippen LogP contribution in [0.3, 0.4) is 0 Å². The molecule has 2 aromatic heterocycles. The zero-order valence-electron chi connectivity index (χ0n) is 9.34. The van der Waals surface area contributed by atoms with Crippen LogP contribution in [-0.2, 0) is 0 Å². The lowest BCUT2D eigenvalue weighted by atomic mass is 10.3. The van der Waals surface area contributed by atoms with Gasteiger partial charge < -0.3 is 9.72 Å². The van der Waals surface area contributed by atoms with Gasteiger partial charge in [0.1, 0.15) is 17.0 Å². The fourth-order valence-corrected chi connectivity index (χ4v) is 1.79. The maximum Gasteiger partial charge on any atom is 0.157 e. The molecule has 4 nitrogen and oxygen atoms in total. The smallest absolute Gasteiger partial charge is 0.157 e. The van der Waals surface area contributed by atoms with Gasteiger partial charge >= 0.3 is 0 Å². The van der Waals surface area contributed by atoms with Gasteiger partial charge in [-0.15, -0.1) is 0 Å². The van der Waals surface area contributed by atoms with Crippen molar-refractivity contribution in [1.82, 2.24) is 15.0 Å². The van der Waals surface area contributed by atoms with E-state index < -0.39 is 0 Å². The summed E-state index contributed by atoms with van der Waals surface area (Å²) in [6.45, 7) is 0. The number of imidazole rings is 1. The Hall–Kier alpha value is -2.36. The topological polar surface area (TPSA) is 50.8 Å². The summed E-state index contributed by atoms with van der Waals surface area (Å²) in [4.78, 5) is 12.0. The van der Waals surface area contributed by atoms with Gasteiger partial charge in [-0.3, -0.25) is 4.98 Å². The van der Waals surface area contributed by atoms with E-state index in [-0.39, 0.29) is 0 Å². The monoisotopic (exact) mass is 225 g/mol. The number of H-pyrrole nitrogens is 1. The van der Waals surface area contributed by atoms with Crippen LogP contribution in [0.25, 0.3) is 22.6 Å². The number of methoxy groups -OCH3 is 1. The standard InChI is InChI=1S/C13H11N3O/c1-17-11-7-4-6-9-12(11)16-13(15-9)10-5-2-3-8-14-10/h2-8H,1H3,(H,15,16). The van der Waals surface area contributed by atoms with E-state index >= 15 is 0 Å². The lowest BCUT2D eigenvalue weighted by Gasteiger charge is -1.97. The molecule has 0 aliphatic rings. The van der Waals surface area contributed by atoms with E-state index in [1.807, 2.05) is 36.4 Å². The van der Waals surface area contributed by atoms with Crippen molar-refractivity contribution in [3.8, 4) is 17.3 Å². The van der Waals surface area contributed by atoms with Crippen LogP contribution in [0.4, 0.5) is 0 Å². The number of para-hydroxylation sites is 1. The predicted octanol–water partition coefficient (Wildman–Crippen LogP) is 2.63. The molecule has 1 N–H and O–H groups in total. The van der Waals surface area contributed by atoms with E-state index in [1.54, 1.807) is 13.3 Å². The van der Waals surface area contributed by atoms with Crippen molar-refractivity contribution >= 4 is 11.0 Å². The molecule has 0 amide bonds. The van der Waals surface area contributed by atoms with Crippen LogP contribution in [0.5, 0.6) is 5.75 Å². The van der Waals surface area contributed by atoms with Crippen molar-refractivity contribution in [1.29, 1.82) is 0 Å². The zero-order valence-corrected chi connectivity index (χ0v) is 9.34. The average molecular weight is 225 g/mol. The second-order valence-electron chi connectivity index (χ2n) is 3.66. The fourth-order valence-electron chi connectivity index (χ4n) is 1.79. The Balaban J connectivity index is 2.20. The molecule has 0 saturated carbocycles. The molecule has 0 unspecified atom stereocenters. The van der Waals surface area contributed by atoms with Gasteiger partial charge in [0.05, 0.1) is 12.6 Å².